The van der Waals surface area contributed by atoms with Crippen LogP contribution in [0.1, 0.15) is 12.8 Å². The van der Waals surface area contributed by atoms with Gasteiger partial charge in [-0.05, 0) is 12.8 Å². The predicted molar refractivity (Wildman–Crippen MR) is 65.8 cm³/mol. The van der Waals surface area contributed by atoms with Gasteiger partial charge in [-0.1, -0.05) is 11.8 Å². The number of amides is 2. The van der Waals surface area contributed by atoms with E-state index in [-0.39, 0.29) is 35.6 Å². The molecule has 0 aromatic heterocycles. The van der Waals surface area contributed by atoms with E-state index in [2.05, 4.69) is 5.32 Å². The summed E-state index contributed by atoms with van der Waals surface area (Å²) in [5.74, 6) is 0.576. The minimum Gasteiger partial charge on any atom is -0.337 e. The average Bonchev–Trinajstić information content (AvgIpc) is 2.84. The van der Waals surface area contributed by atoms with Crippen molar-refractivity contribution in [3.05, 3.63) is 0 Å². The first-order chi connectivity index (χ1) is 7.22. The molecule has 92 valence electrons. The molecule has 2 saturated heterocycles. The fraction of sp³-hybridized carbons (Fsp3) is 0.778. The molecule has 0 radical (unpaired) electrons. The number of hydrogen-bond donors (Lipinski definition) is 2. The number of carbonyl (C=O) groups excluding carboxylic acids is 2. The van der Waals surface area contributed by atoms with E-state index in [1.807, 2.05) is 4.90 Å². The SMILES string of the molecule is Cl.NCC1CCCN1C(=O)[C@@H]1CSC(=O)N1. The molecule has 2 atom stereocenters. The minimum atomic E-state index is -0.338. The van der Waals surface area contributed by atoms with Gasteiger partial charge in [0.15, 0.2) is 0 Å². The Bertz CT molecular complexity index is 290. The van der Waals surface area contributed by atoms with Crippen LogP contribution >= 0.6 is 24.2 Å². The molecule has 7 heteroatoms. The van der Waals surface area contributed by atoms with Crippen LogP contribution in [0.4, 0.5) is 4.79 Å². The highest BCUT2D eigenvalue weighted by atomic mass is 35.5. The lowest BCUT2D eigenvalue weighted by Crippen LogP contribution is -2.49. The molecule has 0 aromatic rings. The first-order valence-corrected chi connectivity index (χ1v) is 6.15. The zero-order valence-corrected chi connectivity index (χ0v) is 10.5. The molecule has 3 N–H and O–H groups in total. The van der Waals surface area contributed by atoms with Crippen LogP contribution in [0.3, 0.4) is 0 Å². The number of carbonyl (C=O) groups is 2. The predicted octanol–water partition coefficient (Wildman–Crippen LogP) is 0.183. The van der Waals surface area contributed by atoms with Crippen LogP contribution in [-0.2, 0) is 4.79 Å². The van der Waals surface area contributed by atoms with Crippen molar-refractivity contribution in [3.8, 4) is 0 Å². The number of hydrogen-bond acceptors (Lipinski definition) is 4. The van der Waals surface area contributed by atoms with Gasteiger partial charge in [-0.2, -0.15) is 0 Å². The maximum Gasteiger partial charge on any atom is 0.279 e. The summed E-state index contributed by atoms with van der Waals surface area (Å²) in [4.78, 5) is 24.8. The molecule has 16 heavy (non-hydrogen) atoms. The standard InChI is InChI=1S/C9H15N3O2S.ClH/c10-4-6-2-1-3-12(6)8(13)7-5-15-9(14)11-7;/h6-7H,1-5,10H2,(H,11,14);1H/t6?,7-;/m0./s1. The summed E-state index contributed by atoms with van der Waals surface area (Å²) in [5, 5.41) is 2.57. The number of halogens is 1. The molecule has 5 nitrogen and oxygen atoms in total. The van der Waals surface area contributed by atoms with E-state index in [1.54, 1.807) is 0 Å². The summed E-state index contributed by atoms with van der Waals surface area (Å²) < 4.78 is 0. The van der Waals surface area contributed by atoms with Crippen LogP contribution in [0.25, 0.3) is 0 Å². The number of nitrogens with one attached hydrogen (secondary N) is 1. The van der Waals surface area contributed by atoms with Gasteiger partial charge >= 0.3 is 0 Å². The van der Waals surface area contributed by atoms with E-state index >= 15 is 0 Å². The highest BCUT2D eigenvalue weighted by Gasteiger charge is 2.35. The van der Waals surface area contributed by atoms with E-state index in [9.17, 15) is 9.59 Å². The summed E-state index contributed by atoms with van der Waals surface area (Å²) in [7, 11) is 0. The van der Waals surface area contributed by atoms with E-state index in [0.29, 0.717) is 12.3 Å². The topological polar surface area (TPSA) is 75.4 Å². The van der Waals surface area contributed by atoms with Gasteiger partial charge in [0.1, 0.15) is 6.04 Å². The Hall–Kier alpha value is -0.460. The Labute approximate surface area is 105 Å². The second-order valence-corrected chi connectivity index (χ2v) is 4.85. The van der Waals surface area contributed by atoms with Gasteiger partial charge in [0.25, 0.3) is 5.24 Å². The largest absolute Gasteiger partial charge is 0.337 e. The molecule has 2 rings (SSSR count). The Morgan fingerprint density at radius 3 is 2.94 bits per heavy atom. The van der Waals surface area contributed by atoms with Crippen molar-refractivity contribution >= 4 is 35.3 Å². The lowest BCUT2D eigenvalue weighted by Gasteiger charge is -2.25. The molecule has 2 aliphatic heterocycles. The van der Waals surface area contributed by atoms with Crippen molar-refractivity contribution in [2.75, 3.05) is 18.8 Å². The van der Waals surface area contributed by atoms with Crippen LogP contribution in [-0.4, -0.2) is 47.0 Å². The molecule has 2 heterocycles. The first kappa shape index (κ1) is 13.6. The number of nitrogens with two attached hydrogens (primary N) is 1. The minimum absolute atomic E-state index is 0. The third kappa shape index (κ3) is 2.61. The lowest BCUT2D eigenvalue weighted by molar-refractivity contribution is -0.133. The van der Waals surface area contributed by atoms with E-state index in [4.69, 9.17) is 5.73 Å². The maximum atomic E-state index is 12.0. The van der Waals surface area contributed by atoms with Gasteiger partial charge < -0.3 is 16.0 Å². The van der Waals surface area contributed by atoms with E-state index < -0.39 is 0 Å². The van der Waals surface area contributed by atoms with Gasteiger partial charge in [0.2, 0.25) is 5.91 Å². The zero-order chi connectivity index (χ0) is 10.8. The normalized spacial score (nSPS) is 28.8. The lowest BCUT2D eigenvalue weighted by atomic mass is 10.2. The van der Waals surface area contributed by atoms with Crippen molar-refractivity contribution in [2.24, 2.45) is 5.73 Å². The summed E-state index contributed by atoms with van der Waals surface area (Å²) in [6.45, 7) is 1.29. The summed E-state index contributed by atoms with van der Waals surface area (Å²) >= 11 is 1.17. The Morgan fingerprint density at radius 1 is 1.62 bits per heavy atom. The highest BCUT2D eigenvalue weighted by Crippen LogP contribution is 2.21. The Morgan fingerprint density at radius 2 is 2.38 bits per heavy atom. The van der Waals surface area contributed by atoms with Crippen LogP contribution < -0.4 is 11.1 Å². The molecule has 1 unspecified atom stereocenters. The van der Waals surface area contributed by atoms with Crippen LogP contribution in [0.2, 0.25) is 0 Å². The van der Waals surface area contributed by atoms with Gasteiger partial charge in [-0.15, -0.1) is 12.4 Å². The quantitative estimate of drug-likeness (QED) is 0.747. The van der Waals surface area contributed by atoms with E-state index in [0.717, 1.165) is 19.4 Å². The molecule has 2 fully saturated rings. The monoisotopic (exact) mass is 265 g/mol. The van der Waals surface area contributed by atoms with Crippen LogP contribution in [0.5, 0.6) is 0 Å². The summed E-state index contributed by atoms with van der Waals surface area (Å²) in [5.41, 5.74) is 5.60. The molecule has 2 aliphatic rings. The molecular formula is C9H16ClN3O2S. The summed E-state index contributed by atoms with van der Waals surface area (Å²) in [6, 6.07) is -0.172. The Balaban J connectivity index is 0.00000128. The maximum absolute atomic E-state index is 12.0. The fourth-order valence-corrected chi connectivity index (χ4v) is 2.86. The number of likely N-dealkylation sites (tertiary alicyclic amines) is 1. The number of rotatable bonds is 2. The van der Waals surface area contributed by atoms with Crippen molar-refractivity contribution in [1.82, 2.24) is 10.2 Å². The number of thioether (sulfide) groups is 1. The smallest absolute Gasteiger partial charge is 0.279 e. The molecule has 0 saturated carbocycles. The van der Waals surface area contributed by atoms with E-state index in [1.165, 1.54) is 11.8 Å². The fourth-order valence-electron chi connectivity index (χ4n) is 2.09. The molecule has 0 bridgehead atoms. The van der Waals surface area contributed by atoms with Gasteiger partial charge in [0, 0.05) is 24.9 Å². The first-order valence-electron chi connectivity index (χ1n) is 5.16. The average molecular weight is 266 g/mol. The zero-order valence-electron chi connectivity index (χ0n) is 8.85. The molecule has 0 aromatic carbocycles. The third-order valence-corrected chi connectivity index (χ3v) is 3.78. The summed E-state index contributed by atoms with van der Waals surface area (Å²) in [6.07, 6.45) is 2.00. The van der Waals surface area contributed by atoms with Crippen molar-refractivity contribution in [2.45, 2.75) is 24.9 Å². The highest BCUT2D eigenvalue weighted by molar-refractivity contribution is 8.14. The number of nitrogens with zero attached hydrogens (tertiary/aromatic N) is 1. The van der Waals surface area contributed by atoms with Crippen LogP contribution in [0, 0.1) is 0 Å². The van der Waals surface area contributed by atoms with Gasteiger partial charge in [-0.3, -0.25) is 9.59 Å². The van der Waals surface area contributed by atoms with Crippen molar-refractivity contribution < 1.29 is 9.59 Å². The van der Waals surface area contributed by atoms with Gasteiger partial charge in [-0.25, -0.2) is 0 Å². The molecular weight excluding hydrogens is 250 g/mol. The molecule has 0 aliphatic carbocycles. The van der Waals surface area contributed by atoms with Crippen molar-refractivity contribution in [3.63, 3.8) is 0 Å². The third-order valence-electron chi connectivity index (χ3n) is 2.90. The Kier molecular flexibility index (Phi) is 4.89. The second kappa shape index (κ2) is 5.75. The molecule has 2 amide bonds. The second-order valence-electron chi connectivity index (χ2n) is 3.86. The van der Waals surface area contributed by atoms with Crippen LogP contribution in [0.15, 0.2) is 0 Å². The van der Waals surface area contributed by atoms with Gasteiger partial charge in [0.05, 0.1) is 0 Å². The molecule has 0 spiro atoms. The van der Waals surface area contributed by atoms with Crippen molar-refractivity contribution in [1.29, 1.82) is 0 Å².